The van der Waals surface area contributed by atoms with Gasteiger partial charge < -0.3 is 19.3 Å². The van der Waals surface area contributed by atoms with Crippen LogP contribution in [0.1, 0.15) is 25.0 Å². The van der Waals surface area contributed by atoms with Gasteiger partial charge >= 0.3 is 12.1 Å². The smallest absolute Gasteiger partial charge is 0.407 e. The predicted molar refractivity (Wildman–Crippen MR) is 183 cm³/mol. The van der Waals surface area contributed by atoms with E-state index < -0.39 is 37.3 Å². The van der Waals surface area contributed by atoms with Crippen molar-refractivity contribution in [3.05, 3.63) is 126 Å². The first-order chi connectivity index (χ1) is 22.7. The van der Waals surface area contributed by atoms with Crippen LogP contribution in [0.25, 0.3) is 11.1 Å². The number of anilines is 1. The van der Waals surface area contributed by atoms with Gasteiger partial charge in [-0.1, -0.05) is 103 Å². The van der Waals surface area contributed by atoms with Crippen LogP contribution in [-0.4, -0.2) is 50.2 Å². The van der Waals surface area contributed by atoms with Gasteiger partial charge in [0.15, 0.2) is 0 Å². The average molecular weight is 657 g/mol. The first-order valence-electron chi connectivity index (χ1n) is 15.5. The highest BCUT2D eigenvalue weighted by atomic mass is 31.2. The summed E-state index contributed by atoms with van der Waals surface area (Å²) >= 11 is 0. The minimum absolute atomic E-state index is 0.0445. The fraction of sp³-hybridized carbons (Fsp3) is 0.270. The van der Waals surface area contributed by atoms with E-state index in [2.05, 4.69) is 5.32 Å². The maximum atomic E-state index is 14.6. The molecule has 47 heavy (non-hydrogen) atoms. The molecule has 2 unspecified atom stereocenters. The Kier molecular flexibility index (Phi) is 12.9. The van der Waals surface area contributed by atoms with Crippen molar-refractivity contribution in [2.75, 3.05) is 31.1 Å². The Bertz CT molecular complexity index is 1630. The highest BCUT2D eigenvalue weighted by Crippen LogP contribution is 2.47. The van der Waals surface area contributed by atoms with Crippen molar-refractivity contribution in [1.29, 1.82) is 0 Å². The third kappa shape index (κ3) is 10.1. The molecule has 0 spiro atoms. The highest BCUT2D eigenvalue weighted by molar-refractivity contribution is 7.59. The molecule has 0 aliphatic heterocycles. The monoisotopic (exact) mass is 656 g/mol. The predicted octanol–water partition coefficient (Wildman–Crippen LogP) is 7.31. The summed E-state index contributed by atoms with van der Waals surface area (Å²) in [5.41, 5.74) is 4.09. The summed E-state index contributed by atoms with van der Waals surface area (Å²) < 4.78 is 30.2. The number of esters is 1. The third-order valence-electron chi connectivity index (χ3n) is 7.69. The van der Waals surface area contributed by atoms with Gasteiger partial charge in [0.1, 0.15) is 12.6 Å². The maximum Gasteiger partial charge on any atom is 0.407 e. The molecule has 246 valence electrons. The number of carbonyl (C=O) groups is 3. The van der Waals surface area contributed by atoms with E-state index in [-0.39, 0.29) is 32.1 Å². The maximum absolute atomic E-state index is 14.6. The van der Waals surface area contributed by atoms with Gasteiger partial charge in [-0.05, 0) is 54.7 Å². The van der Waals surface area contributed by atoms with Crippen LogP contribution in [0.2, 0.25) is 0 Å². The molecule has 4 aromatic rings. The molecule has 3 atom stereocenters. The molecule has 2 amide bonds. The van der Waals surface area contributed by atoms with Crippen molar-refractivity contribution >= 4 is 31.0 Å². The van der Waals surface area contributed by atoms with Crippen molar-refractivity contribution in [2.24, 2.45) is 5.92 Å². The fourth-order valence-corrected chi connectivity index (χ4v) is 6.91. The van der Waals surface area contributed by atoms with Gasteiger partial charge in [-0.25, -0.2) is 9.59 Å². The van der Waals surface area contributed by atoms with Crippen molar-refractivity contribution in [3.63, 3.8) is 0 Å². The fourth-order valence-electron chi connectivity index (χ4n) is 5.18. The van der Waals surface area contributed by atoms with Crippen molar-refractivity contribution in [3.8, 4) is 11.1 Å². The number of nitrogens with zero attached hydrogens (tertiary/aromatic N) is 1. The lowest BCUT2D eigenvalue weighted by Gasteiger charge is -2.32. The Hall–Kier alpha value is -4.72. The summed E-state index contributed by atoms with van der Waals surface area (Å²) in [6, 6.07) is 34.7. The molecule has 4 aromatic carbocycles. The number of alkyl carbamates (subject to hydrolysis) is 1. The molecule has 0 saturated heterocycles. The minimum atomic E-state index is -3.62. The number of amides is 2. The van der Waals surface area contributed by atoms with Crippen molar-refractivity contribution in [2.45, 2.75) is 32.9 Å². The van der Waals surface area contributed by atoms with Gasteiger partial charge in [0, 0.05) is 19.0 Å². The molecule has 0 aromatic heterocycles. The van der Waals surface area contributed by atoms with Crippen molar-refractivity contribution < 1.29 is 32.9 Å². The van der Waals surface area contributed by atoms with E-state index in [4.69, 9.17) is 14.0 Å². The first-order valence-corrected chi connectivity index (χ1v) is 17.5. The Labute approximate surface area is 276 Å². The van der Waals surface area contributed by atoms with Gasteiger partial charge in [0.2, 0.25) is 13.3 Å². The van der Waals surface area contributed by atoms with Gasteiger partial charge in [-0.3, -0.25) is 14.3 Å². The zero-order valence-electron chi connectivity index (χ0n) is 26.9. The van der Waals surface area contributed by atoms with Crippen molar-refractivity contribution in [1.82, 2.24) is 5.32 Å². The van der Waals surface area contributed by atoms with Gasteiger partial charge in [0.05, 0.1) is 18.8 Å². The van der Waals surface area contributed by atoms with Crippen LogP contribution >= 0.6 is 7.37 Å². The molecular formula is C37H41N2O7P. The summed E-state index contributed by atoms with van der Waals surface area (Å²) in [5.74, 6) is -1.87. The van der Waals surface area contributed by atoms with Gasteiger partial charge in [-0.15, -0.1) is 0 Å². The van der Waals surface area contributed by atoms with Crippen LogP contribution < -0.4 is 10.2 Å². The van der Waals surface area contributed by atoms with Crippen LogP contribution in [0, 0.1) is 5.92 Å². The van der Waals surface area contributed by atoms with E-state index in [1.807, 2.05) is 103 Å². The van der Waals surface area contributed by atoms with E-state index >= 15 is 0 Å². The normalized spacial score (nSPS) is 13.4. The van der Waals surface area contributed by atoms with Crippen LogP contribution in [0.15, 0.2) is 115 Å². The Morgan fingerprint density at radius 2 is 1.32 bits per heavy atom. The molecular weight excluding hydrogens is 615 g/mol. The molecule has 4 rings (SSSR count). The van der Waals surface area contributed by atoms with Gasteiger partial charge in [0.25, 0.3) is 0 Å². The summed E-state index contributed by atoms with van der Waals surface area (Å²) in [4.78, 5) is 41.5. The van der Waals surface area contributed by atoms with E-state index in [1.165, 1.54) is 12.0 Å². The lowest BCUT2D eigenvalue weighted by atomic mass is 9.98. The number of nitrogens with one attached hydrogen (secondary N) is 1. The molecule has 0 aliphatic rings. The van der Waals surface area contributed by atoms with Crippen LogP contribution in [0.4, 0.5) is 10.5 Å². The summed E-state index contributed by atoms with van der Waals surface area (Å²) in [7, 11) is -2.32. The molecule has 0 saturated carbocycles. The van der Waals surface area contributed by atoms with E-state index in [9.17, 15) is 18.9 Å². The zero-order valence-corrected chi connectivity index (χ0v) is 27.8. The number of ether oxygens (including phenoxy) is 2. The topological polar surface area (TPSA) is 111 Å². The molecule has 1 N–H and O–H groups in total. The average Bonchev–Trinajstić information content (AvgIpc) is 3.11. The van der Waals surface area contributed by atoms with E-state index in [1.54, 1.807) is 26.0 Å². The number of hydrogen-bond donors (Lipinski definition) is 1. The molecule has 0 aliphatic carbocycles. The number of rotatable bonds is 15. The molecule has 9 nitrogen and oxygen atoms in total. The second-order valence-electron chi connectivity index (χ2n) is 11.0. The lowest BCUT2D eigenvalue weighted by molar-refractivity contribution is -0.145. The van der Waals surface area contributed by atoms with E-state index in [0.29, 0.717) is 5.69 Å². The Balaban J connectivity index is 1.60. The molecule has 0 bridgehead atoms. The molecule has 0 radical (unpaired) electrons. The second-order valence-corrected chi connectivity index (χ2v) is 13.7. The number of benzene rings is 4. The SMILES string of the molecule is CCOC(=O)[C@H](C)N(C(=O)C(Cc1ccccc1)CP(=O)(CNC(=O)OCc1ccccc1)OC)c1ccc(-c2ccccc2)cc1. The molecule has 0 heterocycles. The highest BCUT2D eigenvalue weighted by Gasteiger charge is 2.38. The molecule has 0 fully saturated rings. The van der Waals surface area contributed by atoms with Crippen LogP contribution in [0.3, 0.4) is 0 Å². The van der Waals surface area contributed by atoms with E-state index in [0.717, 1.165) is 22.3 Å². The quantitative estimate of drug-likeness (QED) is 0.106. The number of hydrogen-bond acceptors (Lipinski definition) is 7. The largest absolute Gasteiger partial charge is 0.464 e. The molecule has 10 heteroatoms. The van der Waals surface area contributed by atoms with Crippen LogP contribution in [-0.2, 0) is 41.2 Å². The standard InChI is InChI=1S/C37H41N2O7P/c1-4-45-36(41)28(2)39(34-22-20-32(21-23-34)31-18-12-7-13-19-31)35(40)33(24-29-14-8-5-9-15-29)26-47(43,44-3)27-38-37(42)46-25-30-16-10-6-11-17-30/h5-23,28,33H,4,24-27H2,1-3H3,(H,38,42)/t28-,33?,47?/m0/s1. The third-order valence-corrected chi connectivity index (χ3v) is 9.99. The van der Waals surface area contributed by atoms with Crippen LogP contribution in [0.5, 0.6) is 0 Å². The van der Waals surface area contributed by atoms with Gasteiger partial charge in [-0.2, -0.15) is 0 Å². The second kappa shape index (κ2) is 17.3. The number of carbonyl (C=O) groups excluding carboxylic acids is 3. The minimum Gasteiger partial charge on any atom is -0.464 e. The Morgan fingerprint density at radius 1 is 0.766 bits per heavy atom. The first kappa shape index (κ1) is 35.1. The summed E-state index contributed by atoms with van der Waals surface area (Å²) in [6.07, 6.45) is -1.06. The Morgan fingerprint density at radius 3 is 1.89 bits per heavy atom. The zero-order chi connectivity index (χ0) is 33.6. The summed E-state index contributed by atoms with van der Waals surface area (Å²) in [5, 5.41) is 2.54. The lowest BCUT2D eigenvalue weighted by Crippen LogP contribution is -2.48. The summed E-state index contributed by atoms with van der Waals surface area (Å²) in [6.45, 7) is 3.51.